The van der Waals surface area contributed by atoms with Crippen molar-refractivity contribution in [3.63, 3.8) is 0 Å². The van der Waals surface area contributed by atoms with E-state index >= 15 is 0 Å². The summed E-state index contributed by atoms with van der Waals surface area (Å²) >= 11 is 0. The molecule has 0 saturated heterocycles. The third-order valence-electron chi connectivity index (χ3n) is 5.92. The van der Waals surface area contributed by atoms with Crippen LogP contribution in [-0.4, -0.2) is 52.9 Å². The minimum atomic E-state index is -0.0400. The Morgan fingerprint density at radius 3 is 2.80 bits per heavy atom. The molecule has 4 rings (SSSR count). The predicted octanol–water partition coefficient (Wildman–Crippen LogP) is 3.30. The number of hydrogen-bond donors (Lipinski definition) is 1. The highest BCUT2D eigenvalue weighted by Crippen LogP contribution is 2.41. The van der Waals surface area contributed by atoms with E-state index in [2.05, 4.69) is 61.1 Å². The Balaban J connectivity index is 1.81. The SMILES string of the molecule is CCN(CC)C(=O)[C@@H]1C=C2c3cccc4[nH]cc(c34)C[C@@H]2N(CC)C1. The Bertz CT molecular complexity index is 831. The van der Waals surface area contributed by atoms with E-state index in [1.54, 1.807) is 0 Å². The summed E-state index contributed by atoms with van der Waals surface area (Å²) in [7, 11) is 0. The van der Waals surface area contributed by atoms with Gasteiger partial charge in [-0.1, -0.05) is 25.1 Å². The van der Waals surface area contributed by atoms with Crippen LogP contribution in [0.2, 0.25) is 0 Å². The molecule has 1 N–H and O–H groups in total. The number of carbonyl (C=O) groups excluding carboxylic acids is 1. The number of benzene rings is 1. The second-order valence-corrected chi connectivity index (χ2v) is 7.09. The average molecular weight is 337 g/mol. The zero-order valence-corrected chi connectivity index (χ0v) is 15.4. The van der Waals surface area contributed by atoms with Crippen LogP contribution in [0.4, 0.5) is 0 Å². The maximum Gasteiger partial charge on any atom is 0.230 e. The third kappa shape index (κ3) is 2.51. The van der Waals surface area contributed by atoms with Crippen molar-refractivity contribution >= 4 is 22.4 Å². The molecule has 2 aromatic rings. The van der Waals surface area contributed by atoms with Crippen molar-refractivity contribution in [2.45, 2.75) is 33.2 Å². The Labute approximate surface area is 149 Å². The van der Waals surface area contributed by atoms with E-state index in [4.69, 9.17) is 0 Å². The van der Waals surface area contributed by atoms with E-state index in [0.717, 1.165) is 32.6 Å². The van der Waals surface area contributed by atoms with Gasteiger partial charge < -0.3 is 9.88 Å². The lowest BCUT2D eigenvalue weighted by atomic mass is 9.79. The molecular formula is C21H27N3O. The summed E-state index contributed by atoms with van der Waals surface area (Å²) in [5.74, 6) is 0.225. The van der Waals surface area contributed by atoms with Gasteiger partial charge in [-0.25, -0.2) is 0 Å². The fourth-order valence-corrected chi connectivity index (χ4v) is 4.60. The normalized spacial score (nSPS) is 22.6. The van der Waals surface area contributed by atoms with Gasteiger partial charge in [0.1, 0.15) is 0 Å². The molecule has 0 spiro atoms. The second-order valence-electron chi connectivity index (χ2n) is 7.09. The van der Waals surface area contributed by atoms with Crippen molar-refractivity contribution in [2.75, 3.05) is 26.2 Å². The average Bonchev–Trinajstić information content (AvgIpc) is 3.06. The van der Waals surface area contributed by atoms with Crippen LogP contribution < -0.4 is 0 Å². The number of hydrogen-bond acceptors (Lipinski definition) is 2. The first-order valence-electron chi connectivity index (χ1n) is 9.51. The van der Waals surface area contributed by atoms with E-state index in [-0.39, 0.29) is 11.8 Å². The van der Waals surface area contributed by atoms with Crippen molar-refractivity contribution < 1.29 is 4.79 Å². The zero-order chi connectivity index (χ0) is 17.6. The number of fused-ring (bicyclic) bond motifs is 2. The minimum absolute atomic E-state index is 0.0400. The van der Waals surface area contributed by atoms with Gasteiger partial charge in [-0.15, -0.1) is 0 Å². The van der Waals surface area contributed by atoms with Crippen molar-refractivity contribution in [3.05, 3.63) is 41.6 Å². The van der Waals surface area contributed by atoms with Crippen LogP contribution in [0.5, 0.6) is 0 Å². The molecule has 0 fully saturated rings. The van der Waals surface area contributed by atoms with Gasteiger partial charge in [-0.2, -0.15) is 0 Å². The number of aromatic nitrogens is 1. The minimum Gasteiger partial charge on any atom is -0.361 e. The van der Waals surface area contributed by atoms with E-state index in [1.807, 2.05) is 4.90 Å². The Morgan fingerprint density at radius 2 is 2.08 bits per heavy atom. The summed E-state index contributed by atoms with van der Waals surface area (Å²) < 4.78 is 0. The lowest BCUT2D eigenvalue weighted by molar-refractivity contribution is -0.134. The fourth-order valence-electron chi connectivity index (χ4n) is 4.60. The molecule has 1 aliphatic carbocycles. The summed E-state index contributed by atoms with van der Waals surface area (Å²) in [6, 6.07) is 6.87. The van der Waals surface area contributed by atoms with Crippen LogP contribution >= 0.6 is 0 Å². The molecule has 1 aromatic carbocycles. The number of nitrogens with zero attached hydrogens (tertiary/aromatic N) is 2. The van der Waals surface area contributed by atoms with Gasteiger partial charge in [0.25, 0.3) is 0 Å². The summed E-state index contributed by atoms with van der Waals surface area (Å²) in [5, 5.41) is 1.34. The van der Waals surface area contributed by atoms with Crippen molar-refractivity contribution in [2.24, 2.45) is 5.92 Å². The molecule has 1 aliphatic heterocycles. The lowest BCUT2D eigenvalue weighted by Crippen LogP contribution is -2.49. The Hall–Kier alpha value is -2.07. The predicted molar refractivity (Wildman–Crippen MR) is 102 cm³/mol. The second kappa shape index (κ2) is 6.34. The largest absolute Gasteiger partial charge is 0.361 e. The number of H-pyrrole nitrogens is 1. The molecule has 4 nitrogen and oxygen atoms in total. The molecule has 0 bridgehead atoms. The van der Waals surface area contributed by atoms with Crippen molar-refractivity contribution in [1.82, 2.24) is 14.8 Å². The van der Waals surface area contributed by atoms with E-state index in [0.29, 0.717) is 6.04 Å². The molecule has 0 unspecified atom stereocenters. The topological polar surface area (TPSA) is 39.3 Å². The summed E-state index contributed by atoms with van der Waals surface area (Å²) in [5.41, 5.74) is 5.25. The molecule has 132 valence electrons. The first kappa shape index (κ1) is 16.4. The van der Waals surface area contributed by atoms with Crippen LogP contribution in [0, 0.1) is 5.92 Å². The van der Waals surface area contributed by atoms with Crippen LogP contribution in [0.1, 0.15) is 31.9 Å². The molecule has 0 saturated carbocycles. The highest BCUT2D eigenvalue weighted by molar-refractivity contribution is 5.99. The quantitative estimate of drug-likeness (QED) is 0.930. The number of amides is 1. The maximum atomic E-state index is 13.0. The molecule has 1 amide bonds. The number of carbonyl (C=O) groups is 1. The van der Waals surface area contributed by atoms with Gasteiger partial charge in [-0.3, -0.25) is 9.69 Å². The molecular weight excluding hydrogens is 310 g/mol. The van der Waals surface area contributed by atoms with Gasteiger partial charge >= 0.3 is 0 Å². The number of nitrogens with one attached hydrogen (secondary N) is 1. The summed E-state index contributed by atoms with van der Waals surface area (Å²) in [4.78, 5) is 20.8. The maximum absolute atomic E-state index is 13.0. The summed E-state index contributed by atoms with van der Waals surface area (Å²) in [6.45, 7) is 9.69. The van der Waals surface area contributed by atoms with Gasteiger partial charge in [0.2, 0.25) is 5.91 Å². The van der Waals surface area contributed by atoms with Gasteiger partial charge in [0, 0.05) is 42.8 Å². The van der Waals surface area contributed by atoms with Gasteiger partial charge in [0.05, 0.1) is 5.92 Å². The van der Waals surface area contributed by atoms with Crippen molar-refractivity contribution in [1.29, 1.82) is 0 Å². The molecule has 0 radical (unpaired) electrons. The van der Waals surface area contributed by atoms with Gasteiger partial charge in [0.15, 0.2) is 0 Å². The number of rotatable bonds is 4. The number of aromatic amines is 1. The van der Waals surface area contributed by atoms with E-state index in [9.17, 15) is 4.79 Å². The van der Waals surface area contributed by atoms with Gasteiger partial charge in [-0.05, 0) is 49.6 Å². The Morgan fingerprint density at radius 1 is 1.28 bits per heavy atom. The molecule has 25 heavy (non-hydrogen) atoms. The van der Waals surface area contributed by atoms with Crippen LogP contribution in [-0.2, 0) is 11.2 Å². The Kier molecular flexibility index (Phi) is 4.16. The highest BCUT2D eigenvalue weighted by atomic mass is 16.2. The van der Waals surface area contributed by atoms with E-state index < -0.39 is 0 Å². The van der Waals surface area contributed by atoms with Crippen LogP contribution in [0.3, 0.4) is 0 Å². The fraction of sp³-hybridized carbons (Fsp3) is 0.476. The lowest BCUT2D eigenvalue weighted by Gasteiger charge is -2.42. The molecule has 4 heteroatoms. The third-order valence-corrected chi connectivity index (χ3v) is 5.92. The first-order valence-corrected chi connectivity index (χ1v) is 9.51. The monoisotopic (exact) mass is 337 g/mol. The molecule has 2 atom stereocenters. The van der Waals surface area contributed by atoms with Crippen LogP contribution in [0.15, 0.2) is 30.5 Å². The highest BCUT2D eigenvalue weighted by Gasteiger charge is 2.37. The van der Waals surface area contributed by atoms with Crippen LogP contribution in [0.25, 0.3) is 16.5 Å². The smallest absolute Gasteiger partial charge is 0.230 e. The first-order chi connectivity index (χ1) is 12.2. The van der Waals surface area contributed by atoms with Crippen molar-refractivity contribution in [3.8, 4) is 0 Å². The zero-order valence-electron chi connectivity index (χ0n) is 15.4. The molecule has 2 heterocycles. The standard InChI is InChI=1S/C21H27N3O/c1-4-23(5-2)21(25)15-10-17-16-8-7-9-18-20(16)14(12-22-18)11-19(17)24(6-3)13-15/h7-10,12,15,19,22H,4-6,11,13H2,1-3H3/t15-,19+/m1/s1. The molecule has 1 aromatic heterocycles. The van der Waals surface area contributed by atoms with E-state index in [1.165, 1.54) is 27.6 Å². The molecule has 2 aliphatic rings. The number of likely N-dealkylation sites (N-methyl/N-ethyl adjacent to an activating group) is 1. The summed E-state index contributed by atoms with van der Waals surface area (Å²) in [6.07, 6.45) is 5.46.